The molecule has 176 valence electrons. The molecule has 2 atom stereocenters. The Balaban J connectivity index is 1.24. The molecule has 2 saturated carbocycles. The van der Waals surface area contributed by atoms with E-state index in [9.17, 15) is 14.4 Å². The molecule has 0 saturated heterocycles. The topological polar surface area (TPSA) is 113 Å². The normalized spacial score (nSPS) is 27.7. The van der Waals surface area contributed by atoms with Gasteiger partial charge in [-0.05, 0) is 69.3 Å². The van der Waals surface area contributed by atoms with Gasteiger partial charge < -0.3 is 21.7 Å². The monoisotopic (exact) mass is 450 g/mol. The van der Waals surface area contributed by atoms with Crippen LogP contribution < -0.4 is 21.7 Å². The SMILES string of the molecule is C=C1NC(=O)NC(C(=O)N[C@@H]2CC[C@@H](C(=O)CC3CCC(c4cccc(C)c4)CC3)C2)=C1N. The zero-order chi connectivity index (χ0) is 23.5. The highest BCUT2D eigenvalue weighted by atomic mass is 16.2. The lowest BCUT2D eigenvalue weighted by molar-refractivity contribution is -0.124. The quantitative estimate of drug-likeness (QED) is 0.531. The fraction of sp³-hybridized carbons (Fsp3) is 0.500. The maximum atomic E-state index is 13.0. The lowest BCUT2D eigenvalue weighted by Gasteiger charge is -2.29. The van der Waals surface area contributed by atoms with Gasteiger partial charge in [0.05, 0.1) is 11.4 Å². The lowest BCUT2D eigenvalue weighted by atomic mass is 9.76. The van der Waals surface area contributed by atoms with Gasteiger partial charge in [-0.25, -0.2) is 4.79 Å². The fourth-order valence-electron chi connectivity index (χ4n) is 5.48. The van der Waals surface area contributed by atoms with Crippen molar-refractivity contribution >= 4 is 17.7 Å². The van der Waals surface area contributed by atoms with Crippen LogP contribution in [0.3, 0.4) is 0 Å². The summed E-state index contributed by atoms with van der Waals surface area (Å²) in [4.78, 5) is 37.2. The number of Topliss-reactive ketones (excluding diaryl/α,β-unsaturated/α-hetero) is 1. The van der Waals surface area contributed by atoms with E-state index in [0.717, 1.165) is 38.5 Å². The Morgan fingerprint density at radius 2 is 1.88 bits per heavy atom. The molecular formula is C26H34N4O3. The third-order valence-corrected chi connectivity index (χ3v) is 7.40. The van der Waals surface area contributed by atoms with Crippen LogP contribution in [0, 0.1) is 18.8 Å². The summed E-state index contributed by atoms with van der Waals surface area (Å²) in [6.07, 6.45) is 7.32. The molecule has 1 aliphatic heterocycles. The lowest BCUT2D eigenvalue weighted by Crippen LogP contribution is -2.48. The maximum Gasteiger partial charge on any atom is 0.323 e. The van der Waals surface area contributed by atoms with Crippen LogP contribution in [0.25, 0.3) is 0 Å². The van der Waals surface area contributed by atoms with Crippen molar-refractivity contribution in [2.75, 3.05) is 0 Å². The highest BCUT2D eigenvalue weighted by molar-refractivity contribution is 6.00. The molecule has 7 nitrogen and oxygen atoms in total. The Bertz CT molecular complexity index is 991. The van der Waals surface area contributed by atoms with Crippen LogP contribution in [0.15, 0.2) is 47.9 Å². The number of nitrogens with two attached hydrogens (primary N) is 1. The Hall–Kier alpha value is -3.09. The summed E-state index contributed by atoms with van der Waals surface area (Å²) >= 11 is 0. The van der Waals surface area contributed by atoms with E-state index >= 15 is 0 Å². The van der Waals surface area contributed by atoms with Crippen molar-refractivity contribution in [1.29, 1.82) is 0 Å². The number of hydrogen-bond donors (Lipinski definition) is 4. The van der Waals surface area contributed by atoms with Gasteiger partial charge in [-0.2, -0.15) is 0 Å². The molecule has 0 bridgehead atoms. The highest BCUT2D eigenvalue weighted by Gasteiger charge is 2.34. The first kappa shape index (κ1) is 23.1. The molecule has 2 fully saturated rings. The number of ketones is 1. The average molecular weight is 451 g/mol. The molecule has 3 amide bonds. The third-order valence-electron chi connectivity index (χ3n) is 7.40. The largest absolute Gasteiger partial charge is 0.395 e. The van der Waals surface area contributed by atoms with Crippen molar-refractivity contribution in [2.45, 2.75) is 70.3 Å². The summed E-state index contributed by atoms with van der Waals surface area (Å²) in [6.45, 7) is 5.78. The van der Waals surface area contributed by atoms with E-state index in [1.54, 1.807) is 0 Å². The van der Waals surface area contributed by atoms with E-state index < -0.39 is 11.9 Å². The zero-order valence-corrected chi connectivity index (χ0v) is 19.3. The van der Waals surface area contributed by atoms with Crippen LogP contribution in [0.4, 0.5) is 4.79 Å². The summed E-state index contributed by atoms with van der Waals surface area (Å²) in [5, 5.41) is 7.80. The Morgan fingerprint density at radius 1 is 1.12 bits per heavy atom. The van der Waals surface area contributed by atoms with Gasteiger partial charge in [-0.3, -0.25) is 9.59 Å². The molecule has 3 aliphatic rings. The van der Waals surface area contributed by atoms with Gasteiger partial charge in [0.25, 0.3) is 5.91 Å². The molecule has 0 unspecified atom stereocenters. The highest BCUT2D eigenvalue weighted by Crippen LogP contribution is 2.38. The molecule has 0 radical (unpaired) electrons. The van der Waals surface area contributed by atoms with Gasteiger partial charge in [-0.1, -0.05) is 36.4 Å². The summed E-state index contributed by atoms with van der Waals surface area (Å²) in [5.41, 5.74) is 8.97. The minimum atomic E-state index is -0.532. The Labute approximate surface area is 195 Å². The molecule has 0 aromatic heterocycles. The zero-order valence-electron chi connectivity index (χ0n) is 19.3. The Morgan fingerprint density at radius 3 is 2.61 bits per heavy atom. The molecule has 0 spiro atoms. The molecule has 1 heterocycles. The number of amides is 3. The first-order chi connectivity index (χ1) is 15.8. The molecule has 1 aromatic carbocycles. The second-order valence-corrected chi connectivity index (χ2v) is 9.83. The maximum absolute atomic E-state index is 13.0. The predicted molar refractivity (Wildman–Crippen MR) is 127 cm³/mol. The standard InChI is InChI=1S/C26H34N4O3/c1-15-4-3-5-19(12-15)18-8-6-17(7-9-18)13-22(31)20-10-11-21(14-20)29-25(32)24-23(27)16(2)28-26(33)30-24/h3-5,12,17-18,20-21H,2,6-11,13-14,27H2,1H3,(H,29,32)(H2,28,30,33)/t17?,18?,20-,21-/m1/s1. The molecule has 1 aromatic rings. The Kier molecular flexibility index (Phi) is 6.86. The summed E-state index contributed by atoms with van der Waals surface area (Å²) in [7, 11) is 0. The molecule has 2 aliphatic carbocycles. The summed E-state index contributed by atoms with van der Waals surface area (Å²) in [6, 6.07) is 8.16. The first-order valence-electron chi connectivity index (χ1n) is 12.0. The molecule has 4 rings (SSSR count). The van der Waals surface area contributed by atoms with Crippen molar-refractivity contribution in [3.63, 3.8) is 0 Å². The second-order valence-electron chi connectivity index (χ2n) is 9.83. The van der Waals surface area contributed by atoms with Crippen LogP contribution in [-0.2, 0) is 9.59 Å². The van der Waals surface area contributed by atoms with Crippen molar-refractivity contribution in [3.05, 3.63) is 59.1 Å². The number of carbonyl (C=O) groups is 3. The smallest absolute Gasteiger partial charge is 0.323 e. The van der Waals surface area contributed by atoms with Gasteiger partial charge in [0.15, 0.2) is 0 Å². The van der Waals surface area contributed by atoms with E-state index in [2.05, 4.69) is 53.7 Å². The number of carbonyl (C=O) groups excluding carboxylic acids is 3. The number of aryl methyl sites for hydroxylation is 1. The summed E-state index contributed by atoms with van der Waals surface area (Å²) < 4.78 is 0. The third kappa shape index (κ3) is 5.46. The number of rotatable bonds is 6. The first-order valence-corrected chi connectivity index (χ1v) is 12.0. The van der Waals surface area contributed by atoms with E-state index in [1.807, 2.05) is 0 Å². The number of nitrogens with one attached hydrogen (secondary N) is 3. The predicted octanol–water partition coefficient (Wildman–Crippen LogP) is 3.51. The van der Waals surface area contributed by atoms with Crippen molar-refractivity contribution in [2.24, 2.45) is 17.6 Å². The van der Waals surface area contributed by atoms with Gasteiger partial charge >= 0.3 is 6.03 Å². The molecule has 5 N–H and O–H groups in total. The van der Waals surface area contributed by atoms with E-state index in [-0.39, 0.29) is 29.1 Å². The van der Waals surface area contributed by atoms with E-state index in [4.69, 9.17) is 5.73 Å². The van der Waals surface area contributed by atoms with Gasteiger partial charge in [0.1, 0.15) is 11.5 Å². The molecule has 33 heavy (non-hydrogen) atoms. The molecule has 7 heteroatoms. The average Bonchev–Trinajstić information content (AvgIpc) is 3.25. The van der Waals surface area contributed by atoms with Crippen LogP contribution in [0.5, 0.6) is 0 Å². The number of hydrogen-bond acceptors (Lipinski definition) is 4. The minimum absolute atomic E-state index is 0.00583. The van der Waals surface area contributed by atoms with Gasteiger partial charge in [-0.15, -0.1) is 0 Å². The number of urea groups is 1. The number of benzene rings is 1. The van der Waals surface area contributed by atoms with Crippen molar-refractivity contribution in [3.8, 4) is 0 Å². The second kappa shape index (κ2) is 9.81. The fourth-order valence-corrected chi connectivity index (χ4v) is 5.48. The summed E-state index contributed by atoms with van der Waals surface area (Å²) in [5.74, 6) is 0.960. The van der Waals surface area contributed by atoms with Crippen LogP contribution in [0.2, 0.25) is 0 Å². The van der Waals surface area contributed by atoms with Crippen molar-refractivity contribution < 1.29 is 14.4 Å². The van der Waals surface area contributed by atoms with Crippen LogP contribution >= 0.6 is 0 Å². The van der Waals surface area contributed by atoms with Crippen LogP contribution in [-0.4, -0.2) is 23.8 Å². The van der Waals surface area contributed by atoms with E-state index in [0.29, 0.717) is 30.5 Å². The van der Waals surface area contributed by atoms with E-state index in [1.165, 1.54) is 11.1 Å². The van der Waals surface area contributed by atoms with Crippen molar-refractivity contribution in [1.82, 2.24) is 16.0 Å². The van der Waals surface area contributed by atoms with Gasteiger partial charge in [0, 0.05) is 18.4 Å². The minimum Gasteiger partial charge on any atom is -0.395 e. The van der Waals surface area contributed by atoms with Gasteiger partial charge in [0.2, 0.25) is 0 Å². The van der Waals surface area contributed by atoms with Crippen LogP contribution in [0.1, 0.15) is 68.4 Å². The molecular weight excluding hydrogens is 416 g/mol.